The first kappa shape index (κ1) is 13.9. The van der Waals surface area contributed by atoms with E-state index in [4.69, 9.17) is 9.47 Å². The summed E-state index contributed by atoms with van der Waals surface area (Å²) in [6, 6.07) is 7.49. The Balaban J connectivity index is 1.81. The summed E-state index contributed by atoms with van der Waals surface area (Å²) in [5, 5.41) is -0.524. The lowest BCUT2D eigenvalue weighted by Gasteiger charge is -2.34. The first-order valence-electron chi connectivity index (χ1n) is 6.88. The zero-order valence-corrected chi connectivity index (χ0v) is 12.3. The number of hydrogen-bond donors (Lipinski definition) is 0. The average Bonchev–Trinajstić information content (AvgIpc) is 2.90. The molecule has 0 N–H and O–H groups in total. The van der Waals surface area contributed by atoms with Crippen molar-refractivity contribution in [3.63, 3.8) is 0 Å². The highest BCUT2D eigenvalue weighted by Gasteiger charge is 2.46. The molecule has 0 unspecified atom stereocenters. The van der Waals surface area contributed by atoms with Gasteiger partial charge < -0.3 is 9.47 Å². The van der Waals surface area contributed by atoms with E-state index in [9.17, 15) is 9.00 Å². The van der Waals surface area contributed by atoms with Gasteiger partial charge in [0, 0.05) is 24.2 Å². The second-order valence-electron chi connectivity index (χ2n) is 5.38. The maximum atomic E-state index is 12.6. The van der Waals surface area contributed by atoms with Crippen LogP contribution in [0.1, 0.15) is 24.8 Å². The van der Waals surface area contributed by atoms with Gasteiger partial charge in [-0.1, -0.05) is 17.7 Å². The van der Waals surface area contributed by atoms with E-state index in [0.717, 1.165) is 5.56 Å². The molecule has 3 rings (SSSR count). The summed E-state index contributed by atoms with van der Waals surface area (Å²) in [5.41, 5.74) is 1.11. The molecule has 4 nitrogen and oxygen atoms in total. The summed E-state index contributed by atoms with van der Waals surface area (Å²) in [7, 11) is -1.34. The second-order valence-corrected chi connectivity index (χ2v) is 7.01. The fraction of sp³-hybridized carbons (Fsp3) is 0.533. The standard InChI is InChI=1S/C15H18O4S/c1-11-2-4-12(5-3-11)20(17)14-10-15(7-6-13(14)16)18-8-9-19-15/h2-5,14H,6-10H2,1H3/t14-,20-/m0/s1. The van der Waals surface area contributed by atoms with Crippen molar-refractivity contribution in [3.05, 3.63) is 29.8 Å². The fourth-order valence-electron chi connectivity index (χ4n) is 2.76. The zero-order chi connectivity index (χ0) is 14.2. The largest absolute Gasteiger partial charge is 0.347 e. The quantitative estimate of drug-likeness (QED) is 0.837. The van der Waals surface area contributed by atoms with Crippen molar-refractivity contribution in [3.8, 4) is 0 Å². The van der Waals surface area contributed by atoms with E-state index in [2.05, 4.69) is 0 Å². The molecule has 0 aromatic heterocycles. The van der Waals surface area contributed by atoms with E-state index >= 15 is 0 Å². The van der Waals surface area contributed by atoms with Crippen LogP contribution in [0.5, 0.6) is 0 Å². The number of hydrogen-bond acceptors (Lipinski definition) is 4. The highest BCUT2D eigenvalue weighted by atomic mass is 32.2. The van der Waals surface area contributed by atoms with Gasteiger partial charge in [0.2, 0.25) is 0 Å². The van der Waals surface area contributed by atoms with Crippen LogP contribution in [0.4, 0.5) is 0 Å². The monoisotopic (exact) mass is 294 g/mol. The molecule has 1 aromatic carbocycles. The van der Waals surface area contributed by atoms with E-state index in [1.54, 1.807) is 0 Å². The van der Waals surface area contributed by atoms with E-state index in [0.29, 0.717) is 37.4 Å². The van der Waals surface area contributed by atoms with Crippen molar-refractivity contribution in [2.45, 2.75) is 42.1 Å². The molecule has 1 spiro atoms. The molecular weight excluding hydrogens is 276 g/mol. The first-order valence-corrected chi connectivity index (χ1v) is 8.09. The molecule has 2 fully saturated rings. The highest BCUT2D eigenvalue weighted by molar-refractivity contribution is 7.86. The molecule has 0 amide bonds. The molecular formula is C15H18O4S. The van der Waals surface area contributed by atoms with Crippen molar-refractivity contribution in [2.24, 2.45) is 0 Å². The van der Waals surface area contributed by atoms with Crippen LogP contribution in [0.2, 0.25) is 0 Å². The van der Waals surface area contributed by atoms with Gasteiger partial charge in [0.15, 0.2) is 5.79 Å². The Kier molecular flexibility index (Phi) is 3.75. The summed E-state index contributed by atoms with van der Waals surface area (Å²) in [5.74, 6) is -0.632. The predicted molar refractivity (Wildman–Crippen MR) is 74.9 cm³/mol. The molecule has 20 heavy (non-hydrogen) atoms. The van der Waals surface area contributed by atoms with E-state index in [1.807, 2.05) is 31.2 Å². The van der Waals surface area contributed by atoms with Crippen molar-refractivity contribution in [2.75, 3.05) is 13.2 Å². The fourth-order valence-corrected chi connectivity index (χ4v) is 4.26. The first-order chi connectivity index (χ1) is 9.60. The number of benzene rings is 1. The van der Waals surface area contributed by atoms with Gasteiger partial charge in [-0.2, -0.15) is 0 Å². The highest BCUT2D eigenvalue weighted by Crippen LogP contribution is 2.37. The Morgan fingerprint density at radius 3 is 2.50 bits per heavy atom. The van der Waals surface area contributed by atoms with Crippen LogP contribution in [0.15, 0.2) is 29.2 Å². The number of aryl methyl sites for hydroxylation is 1. The van der Waals surface area contributed by atoms with Crippen LogP contribution in [0.3, 0.4) is 0 Å². The summed E-state index contributed by atoms with van der Waals surface area (Å²) in [6.07, 6.45) is 1.35. The van der Waals surface area contributed by atoms with E-state index in [1.165, 1.54) is 0 Å². The van der Waals surface area contributed by atoms with Gasteiger partial charge in [0.25, 0.3) is 0 Å². The summed E-state index contributed by atoms with van der Waals surface area (Å²) < 4.78 is 24.0. The molecule has 2 atom stereocenters. The second kappa shape index (κ2) is 5.39. The van der Waals surface area contributed by atoms with Crippen LogP contribution in [-0.2, 0) is 25.1 Å². The predicted octanol–water partition coefficient (Wildman–Crippen LogP) is 1.97. The van der Waals surface area contributed by atoms with Gasteiger partial charge in [-0.25, -0.2) is 0 Å². The minimum absolute atomic E-state index is 0.0497. The molecule has 1 saturated carbocycles. The maximum absolute atomic E-state index is 12.6. The van der Waals surface area contributed by atoms with Gasteiger partial charge in [-0.05, 0) is 19.1 Å². The molecule has 2 aliphatic rings. The van der Waals surface area contributed by atoms with Crippen LogP contribution < -0.4 is 0 Å². The van der Waals surface area contributed by atoms with Crippen LogP contribution >= 0.6 is 0 Å². The number of ether oxygens (including phenoxy) is 2. The Morgan fingerprint density at radius 2 is 1.85 bits per heavy atom. The zero-order valence-electron chi connectivity index (χ0n) is 11.5. The molecule has 108 valence electrons. The summed E-state index contributed by atoms with van der Waals surface area (Å²) in [6.45, 7) is 3.09. The molecule has 0 radical (unpaired) electrons. The summed E-state index contributed by atoms with van der Waals surface area (Å²) in [4.78, 5) is 12.8. The number of carbonyl (C=O) groups is 1. The number of ketones is 1. The third kappa shape index (κ3) is 2.57. The van der Waals surface area contributed by atoms with Crippen molar-refractivity contribution in [1.82, 2.24) is 0 Å². The molecule has 1 aliphatic heterocycles. The van der Waals surface area contributed by atoms with E-state index in [-0.39, 0.29) is 5.78 Å². The molecule has 1 aromatic rings. The van der Waals surface area contributed by atoms with Gasteiger partial charge in [0.05, 0.1) is 24.0 Å². The van der Waals surface area contributed by atoms with Crippen molar-refractivity contribution < 1.29 is 18.5 Å². The van der Waals surface area contributed by atoms with E-state index < -0.39 is 21.8 Å². The van der Waals surface area contributed by atoms with Crippen LogP contribution in [0, 0.1) is 6.92 Å². The molecule has 1 aliphatic carbocycles. The number of rotatable bonds is 2. The molecule has 1 heterocycles. The minimum Gasteiger partial charge on any atom is -0.347 e. The lowest BCUT2D eigenvalue weighted by atomic mass is 9.92. The van der Waals surface area contributed by atoms with Gasteiger partial charge in [0.1, 0.15) is 11.0 Å². The molecule has 5 heteroatoms. The van der Waals surface area contributed by atoms with Crippen LogP contribution in [-0.4, -0.2) is 34.2 Å². The molecule has 0 bridgehead atoms. The topological polar surface area (TPSA) is 52.6 Å². The third-order valence-corrected chi connectivity index (χ3v) is 5.62. The average molecular weight is 294 g/mol. The van der Waals surface area contributed by atoms with Crippen LogP contribution in [0.25, 0.3) is 0 Å². The number of Topliss-reactive ketones (excluding diaryl/α,β-unsaturated/α-hetero) is 1. The lowest BCUT2D eigenvalue weighted by Crippen LogP contribution is -2.45. The maximum Gasteiger partial charge on any atom is 0.170 e. The Hall–Kier alpha value is -1.04. The van der Waals surface area contributed by atoms with Gasteiger partial charge in [-0.15, -0.1) is 0 Å². The Morgan fingerprint density at radius 1 is 1.20 bits per heavy atom. The number of carbonyl (C=O) groups excluding carboxylic acids is 1. The lowest BCUT2D eigenvalue weighted by molar-refractivity contribution is -0.178. The smallest absolute Gasteiger partial charge is 0.170 e. The van der Waals surface area contributed by atoms with Gasteiger partial charge in [-0.3, -0.25) is 9.00 Å². The van der Waals surface area contributed by atoms with Crippen molar-refractivity contribution >= 4 is 16.6 Å². The molecule has 1 saturated heterocycles. The Labute approximate surface area is 120 Å². The minimum atomic E-state index is -1.34. The van der Waals surface area contributed by atoms with Crippen molar-refractivity contribution in [1.29, 1.82) is 0 Å². The normalized spacial score (nSPS) is 26.9. The van der Waals surface area contributed by atoms with Gasteiger partial charge >= 0.3 is 0 Å². The SMILES string of the molecule is Cc1ccc([S@](=O)[C@H]2CC3(CCC2=O)OCCO3)cc1. The third-order valence-electron chi connectivity index (χ3n) is 3.93. The Bertz CT molecular complexity index is 531. The summed E-state index contributed by atoms with van der Waals surface area (Å²) >= 11 is 0.